The van der Waals surface area contributed by atoms with Crippen LogP contribution < -0.4 is 4.90 Å². The third-order valence-corrected chi connectivity index (χ3v) is 3.63. The number of nitrogens with zero attached hydrogens (tertiary/aromatic N) is 3. The van der Waals surface area contributed by atoms with Gasteiger partial charge in [-0.1, -0.05) is 11.6 Å². The topological polar surface area (TPSA) is 36.4 Å². The molecule has 17 heavy (non-hydrogen) atoms. The predicted octanol–water partition coefficient (Wildman–Crippen LogP) is 1.55. The monoisotopic (exact) mass is 251 g/mol. The minimum atomic E-state index is 0.214. The van der Waals surface area contributed by atoms with Crippen LogP contribution in [0.3, 0.4) is 0 Å². The summed E-state index contributed by atoms with van der Waals surface area (Å²) in [5.41, 5.74) is 0.908. The van der Waals surface area contributed by atoms with E-state index >= 15 is 0 Å². The van der Waals surface area contributed by atoms with Crippen molar-refractivity contribution in [3.05, 3.63) is 23.5 Å². The number of anilines is 1. The molecule has 2 fully saturated rings. The fourth-order valence-corrected chi connectivity index (χ4v) is 2.53. The van der Waals surface area contributed by atoms with Crippen molar-refractivity contribution in [2.24, 2.45) is 0 Å². The maximum Gasteiger partial charge on any atom is 0.242 e. The SMILES string of the molecule is O=C1CN(c2ccncc2Cl)CCN1C1CC1. The normalized spacial score (nSPS) is 20.9. The van der Waals surface area contributed by atoms with Crippen LogP contribution in [0, 0.1) is 0 Å². The lowest BCUT2D eigenvalue weighted by Gasteiger charge is -2.36. The minimum absolute atomic E-state index is 0.214. The highest BCUT2D eigenvalue weighted by atomic mass is 35.5. The molecule has 0 bridgehead atoms. The summed E-state index contributed by atoms with van der Waals surface area (Å²) in [5, 5.41) is 0.611. The summed E-state index contributed by atoms with van der Waals surface area (Å²) in [6, 6.07) is 2.38. The molecule has 0 atom stereocenters. The fourth-order valence-electron chi connectivity index (χ4n) is 2.29. The summed E-state index contributed by atoms with van der Waals surface area (Å²) in [5.74, 6) is 0.214. The molecule has 0 unspecified atom stereocenters. The highest BCUT2D eigenvalue weighted by Gasteiger charge is 2.35. The van der Waals surface area contributed by atoms with Crippen LogP contribution in [-0.2, 0) is 4.79 Å². The fraction of sp³-hybridized carbons (Fsp3) is 0.500. The second kappa shape index (κ2) is 4.18. The summed E-state index contributed by atoms with van der Waals surface area (Å²) in [6.07, 6.45) is 5.66. The van der Waals surface area contributed by atoms with Crippen LogP contribution in [0.1, 0.15) is 12.8 Å². The Labute approximate surface area is 105 Å². The molecule has 0 N–H and O–H groups in total. The number of piperazine rings is 1. The summed E-state index contributed by atoms with van der Waals surface area (Å²) in [6.45, 7) is 2.09. The standard InChI is InChI=1S/C12H14ClN3O/c13-10-7-14-4-3-11(10)15-5-6-16(9-1-2-9)12(17)8-15/h3-4,7,9H,1-2,5-6,8H2. The molecule has 3 rings (SSSR count). The number of rotatable bonds is 2. The average Bonchev–Trinajstić information content (AvgIpc) is 3.13. The molecule has 1 saturated carbocycles. The molecular formula is C12H14ClN3O. The average molecular weight is 252 g/mol. The number of carbonyl (C=O) groups excluding carboxylic acids is 1. The van der Waals surface area contributed by atoms with E-state index in [0.717, 1.165) is 18.8 Å². The first-order chi connectivity index (χ1) is 8.25. The Morgan fingerprint density at radius 3 is 2.82 bits per heavy atom. The van der Waals surface area contributed by atoms with Crippen molar-refractivity contribution in [1.82, 2.24) is 9.88 Å². The van der Waals surface area contributed by atoms with E-state index in [0.29, 0.717) is 17.6 Å². The van der Waals surface area contributed by atoms with Crippen LogP contribution in [0.5, 0.6) is 0 Å². The third-order valence-electron chi connectivity index (χ3n) is 3.34. The minimum Gasteiger partial charge on any atom is -0.359 e. The lowest BCUT2D eigenvalue weighted by molar-refractivity contribution is -0.131. The zero-order valence-electron chi connectivity index (χ0n) is 9.47. The van der Waals surface area contributed by atoms with Gasteiger partial charge in [0.1, 0.15) is 0 Å². The largest absolute Gasteiger partial charge is 0.359 e. The van der Waals surface area contributed by atoms with Gasteiger partial charge in [0, 0.05) is 31.5 Å². The van der Waals surface area contributed by atoms with Crippen LogP contribution in [0.25, 0.3) is 0 Å². The van der Waals surface area contributed by atoms with Crippen molar-refractivity contribution in [2.45, 2.75) is 18.9 Å². The van der Waals surface area contributed by atoms with E-state index in [-0.39, 0.29) is 5.91 Å². The summed E-state index contributed by atoms with van der Waals surface area (Å²) >= 11 is 6.09. The summed E-state index contributed by atoms with van der Waals surface area (Å²) < 4.78 is 0. The second-order valence-corrected chi connectivity index (χ2v) is 4.97. The number of halogens is 1. The molecule has 0 radical (unpaired) electrons. The van der Waals surface area contributed by atoms with Crippen LogP contribution in [-0.4, -0.2) is 41.5 Å². The smallest absolute Gasteiger partial charge is 0.242 e. The number of hydrogen-bond donors (Lipinski definition) is 0. The van der Waals surface area contributed by atoms with E-state index < -0.39 is 0 Å². The maximum atomic E-state index is 12.0. The van der Waals surface area contributed by atoms with Crippen molar-refractivity contribution in [1.29, 1.82) is 0 Å². The summed E-state index contributed by atoms with van der Waals surface area (Å²) in [7, 11) is 0. The number of aromatic nitrogens is 1. The van der Waals surface area contributed by atoms with Gasteiger partial charge in [0.05, 0.1) is 17.3 Å². The number of carbonyl (C=O) groups is 1. The lowest BCUT2D eigenvalue weighted by atomic mass is 10.2. The van der Waals surface area contributed by atoms with Crippen molar-refractivity contribution in [3.63, 3.8) is 0 Å². The Morgan fingerprint density at radius 2 is 2.18 bits per heavy atom. The molecule has 1 aliphatic heterocycles. The highest BCUT2D eigenvalue weighted by molar-refractivity contribution is 6.33. The quantitative estimate of drug-likeness (QED) is 0.800. The molecule has 1 aromatic heterocycles. The van der Waals surface area contributed by atoms with Gasteiger partial charge in [-0.2, -0.15) is 0 Å². The molecule has 0 aromatic carbocycles. The van der Waals surface area contributed by atoms with Gasteiger partial charge in [-0.05, 0) is 18.9 Å². The molecule has 5 heteroatoms. The van der Waals surface area contributed by atoms with Gasteiger partial charge >= 0.3 is 0 Å². The van der Waals surface area contributed by atoms with E-state index in [4.69, 9.17) is 11.6 Å². The van der Waals surface area contributed by atoms with Crippen molar-refractivity contribution < 1.29 is 4.79 Å². The van der Waals surface area contributed by atoms with Gasteiger partial charge in [-0.3, -0.25) is 9.78 Å². The van der Waals surface area contributed by atoms with Crippen LogP contribution in [0.15, 0.2) is 18.5 Å². The zero-order valence-corrected chi connectivity index (χ0v) is 10.2. The van der Waals surface area contributed by atoms with Crippen molar-refractivity contribution in [2.75, 3.05) is 24.5 Å². The van der Waals surface area contributed by atoms with Gasteiger partial charge in [0.15, 0.2) is 0 Å². The van der Waals surface area contributed by atoms with Gasteiger partial charge in [0.25, 0.3) is 0 Å². The van der Waals surface area contributed by atoms with Crippen LogP contribution in [0.4, 0.5) is 5.69 Å². The van der Waals surface area contributed by atoms with Crippen molar-refractivity contribution >= 4 is 23.2 Å². The Bertz CT molecular complexity index is 447. The molecule has 90 valence electrons. The molecule has 4 nitrogen and oxygen atoms in total. The maximum absolute atomic E-state index is 12.0. The van der Waals surface area contributed by atoms with E-state index in [1.165, 1.54) is 12.8 Å². The number of amides is 1. The Morgan fingerprint density at radius 1 is 1.35 bits per heavy atom. The lowest BCUT2D eigenvalue weighted by Crippen LogP contribution is -2.51. The van der Waals surface area contributed by atoms with Gasteiger partial charge in [-0.25, -0.2) is 0 Å². The van der Waals surface area contributed by atoms with Gasteiger partial charge in [-0.15, -0.1) is 0 Å². The van der Waals surface area contributed by atoms with Gasteiger partial charge in [0.2, 0.25) is 5.91 Å². The molecule has 0 spiro atoms. The third kappa shape index (κ3) is 2.09. The van der Waals surface area contributed by atoms with Gasteiger partial charge < -0.3 is 9.80 Å². The molecule has 1 aromatic rings. The van der Waals surface area contributed by atoms with E-state index in [2.05, 4.69) is 4.98 Å². The van der Waals surface area contributed by atoms with Crippen LogP contribution in [0.2, 0.25) is 5.02 Å². The van der Waals surface area contributed by atoms with E-state index in [9.17, 15) is 4.79 Å². The predicted molar refractivity (Wildman–Crippen MR) is 66.2 cm³/mol. The Hall–Kier alpha value is -1.29. The zero-order chi connectivity index (χ0) is 11.8. The molecule has 1 saturated heterocycles. The van der Waals surface area contributed by atoms with Crippen molar-refractivity contribution in [3.8, 4) is 0 Å². The Kier molecular flexibility index (Phi) is 2.67. The molecule has 2 aliphatic rings. The Balaban J connectivity index is 1.75. The molecule has 2 heterocycles. The first-order valence-corrected chi connectivity index (χ1v) is 6.27. The molecular weight excluding hydrogens is 238 g/mol. The molecule has 1 aliphatic carbocycles. The van der Waals surface area contributed by atoms with Crippen LogP contribution >= 0.6 is 11.6 Å². The second-order valence-electron chi connectivity index (χ2n) is 4.57. The first kappa shape index (κ1) is 10.8. The first-order valence-electron chi connectivity index (χ1n) is 5.89. The number of pyridine rings is 1. The molecule has 1 amide bonds. The summed E-state index contributed by atoms with van der Waals surface area (Å²) in [4.78, 5) is 20.0. The number of hydrogen-bond acceptors (Lipinski definition) is 3. The van der Waals surface area contributed by atoms with E-state index in [1.807, 2.05) is 15.9 Å². The van der Waals surface area contributed by atoms with E-state index in [1.54, 1.807) is 12.4 Å². The highest BCUT2D eigenvalue weighted by Crippen LogP contribution is 2.30.